The summed E-state index contributed by atoms with van der Waals surface area (Å²) in [6.45, 7) is 2.40. The number of hydrogen-bond acceptors (Lipinski definition) is 3. The zero-order valence-electron chi connectivity index (χ0n) is 12.3. The molecule has 0 radical (unpaired) electrons. The van der Waals surface area contributed by atoms with Gasteiger partial charge in [0.05, 0.1) is 5.41 Å². The first-order valence-corrected chi connectivity index (χ1v) is 7.49. The minimum Gasteiger partial charge on any atom is -0.297 e. The summed E-state index contributed by atoms with van der Waals surface area (Å²) in [4.78, 5) is 16.5. The zero-order valence-corrected chi connectivity index (χ0v) is 13.8. The molecule has 2 rings (SSSR count). The average Bonchev–Trinajstić information content (AvgIpc) is 3.00. The molecule has 2 aromatic rings. The topological polar surface area (TPSA) is 47.8 Å². The van der Waals surface area contributed by atoms with Crippen molar-refractivity contribution in [1.82, 2.24) is 14.8 Å². The van der Waals surface area contributed by atoms with E-state index in [9.17, 15) is 9.18 Å². The highest BCUT2D eigenvalue weighted by Crippen LogP contribution is 2.30. The SMILES string of the molecule is CC(C)(CF)C(=O)C(Cc1ccc(Cl)cc1Cl)n1cncn1. The number of carbonyl (C=O) groups is 1. The van der Waals surface area contributed by atoms with Crippen molar-refractivity contribution < 1.29 is 9.18 Å². The molecule has 1 aromatic carbocycles. The third kappa shape index (κ3) is 3.65. The van der Waals surface area contributed by atoms with Crippen LogP contribution in [0.4, 0.5) is 4.39 Å². The second kappa shape index (κ2) is 6.75. The third-order valence-electron chi connectivity index (χ3n) is 3.49. The number of halogens is 3. The van der Waals surface area contributed by atoms with E-state index in [2.05, 4.69) is 10.1 Å². The van der Waals surface area contributed by atoms with Gasteiger partial charge >= 0.3 is 0 Å². The molecule has 0 aliphatic carbocycles. The van der Waals surface area contributed by atoms with Crippen LogP contribution < -0.4 is 0 Å². The highest BCUT2D eigenvalue weighted by molar-refractivity contribution is 6.35. The summed E-state index contributed by atoms with van der Waals surface area (Å²) < 4.78 is 14.6. The van der Waals surface area contributed by atoms with Gasteiger partial charge in [-0.05, 0) is 17.7 Å². The lowest BCUT2D eigenvalue weighted by Gasteiger charge is -2.26. The maximum atomic E-state index is 13.2. The van der Waals surface area contributed by atoms with Gasteiger partial charge in [-0.15, -0.1) is 0 Å². The van der Waals surface area contributed by atoms with Crippen molar-refractivity contribution in [2.75, 3.05) is 6.67 Å². The Kier molecular flexibility index (Phi) is 5.19. The Labute approximate surface area is 138 Å². The fourth-order valence-electron chi connectivity index (χ4n) is 2.10. The fraction of sp³-hybridized carbons (Fsp3) is 0.400. The van der Waals surface area contributed by atoms with Crippen LogP contribution in [0.2, 0.25) is 10.0 Å². The van der Waals surface area contributed by atoms with Crippen molar-refractivity contribution in [3.8, 4) is 0 Å². The van der Waals surface area contributed by atoms with Crippen LogP contribution in [0, 0.1) is 5.41 Å². The van der Waals surface area contributed by atoms with E-state index in [0.717, 1.165) is 5.56 Å². The van der Waals surface area contributed by atoms with Crippen LogP contribution in [0.15, 0.2) is 30.9 Å². The van der Waals surface area contributed by atoms with Gasteiger partial charge in [-0.3, -0.25) is 9.18 Å². The number of ketones is 1. The normalized spacial score (nSPS) is 13.1. The molecule has 1 heterocycles. The van der Waals surface area contributed by atoms with Crippen LogP contribution in [-0.2, 0) is 11.2 Å². The van der Waals surface area contributed by atoms with Crippen molar-refractivity contribution >= 4 is 29.0 Å². The fourth-order valence-corrected chi connectivity index (χ4v) is 2.58. The smallest absolute Gasteiger partial charge is 0.165 e. The van der Waals surface area contributed by atoms with Crippen LogP contribution in [0.5, 0.6) is 0 Å². The second-order valence-corrected chi connectivity index (χ2v) is 6.56. The average molecular weight is 344 g/mol. The van der Waals surface area contributed by atoms with Gasteiger partial charge in [0, 0.05) is 16.5 Å². The quantitative estimate of drug-likeness (QED) is 0.798. The number of aromatic nitrogens is 3. The Hall–Kier alpha value is -1.46. The number of nitrogens with zero attached hydrogens (tertiary/aromatic N) is 3. The molecular formula is C15H16Cl2FN3O. The molecule has 7 heteroatoms. The van der Waals surface area contributed by atoms with E-state index >= 15 is 0 Å². The predicted octanol–water partition coefficient (Wildman–Crippen LogP) is 3.93. The molecule has 0 spiro atoms. The molecule has 4 nitrogen and oxygen atoms in total. The van der Waals surface area contributed by atoms with E-state index in [1.807, 2.05) is 0 Å². The molecule has 0 saturated carbocycles. The number of hydrogen-bond donors (Lipinski definition) is 0. The molecule has 1 atom stereocenters. The Morgan fingerprint density at radius 1 is 1.41 bits per heavy atom. The zero-order chi connectivity index (χ0) is 16.3. The highest BCUT2D eigenvalue weighted by atomic mass is 35.5. The molecule has 0 bridgehead atoms. The molecule has 0 fully saturated rings. The Balaban J connectivity index is 2.36. The second-order valence-electron chi connectivity index (χ2n) is 5.71. The molecular weight excluding hydrogens is 328 g/mol. The number of rotatable bonds is 6. The first-order chi connectivity index (χ1) is 10.3. The Bertz CT molecular complexity index is 659. The van der Waals surface area contributed by atoms with E-state index in [-0.39, 0.29) is 5.78 Å². The number of carbonyl (C=O) groups excluding carboxylic acids is 1. The summed E-state index contributed by atoms with van der Waals surface area (Å²) in [7, 11) is 0. The monoisotopic (exact) mass is 343 g/mol. The summed E-state index contributed by atoms with van der Waals surface area (Å²) in [5, 5.41) is 5.00. The molecule has 0 amide bonds. The van der Waals surface area contributed by atoms with Crippen molar-refractivity contribution in [3.05, 3.63) is 46.5 Å². The largest absolute Gasteiger partial charge is 0.297 e. The molecule has 0 saturated heterocycles. The van der Waals surface area contributed by atoms with Crippen LogP contribution in [0.25, 0.3) is 0 Å². The first-order valence-electron chi connectivity index (χ1n) is 6.73. The van der Waals surface area contributed by atoms with Crippen molar-refractivity contribution in [2.24, 2.45) is 5.41 Å². The van der Waals surface area contributed by atoms with Gasteiger partial charge < -0.3 is 0 Å². The molecule has 0 N–H and O–H groups in total. The molecule has 22 heavy (non-hydrogen) atoms. The summed E-state index contributed by atoms with van der Waals surface area (Å²) in [5.74, 6) is -0.258. The van der Waals surface area contributed by atoms with Gasteiger partial charge in [0.15, 0.2) is 5.78 Å². The van der Waals surface area contributed by atoms with E-state index in [1.54, 1.807) is 32.0 Å². The summed E-state index contributed by atoms with van der Waals surface area (Å²) >= 11 is 12.1. The van der Waals surface area contributed by atoms with Crippen LogP contribution in [-0.4, -0.2) is 27.2 Å². The summed E-state index contributed by atoms with van der Waals surface area (Å²) in [5.41, 5.74) is -0.357. The molecule has 0 aliphatic heterocycles. The molecule has 1 aromatic heterocycles. The van der Waals surface area contributed by atoms with Crippen molar-refractivity contribution in [1.29, 1.82) is 0 Å². The molecule has 0 aliphatic rings. The minimum absolute atomic E-state index is 0.258. The predicted molar refractivity (Wildman–Crippen MR) is 84.0 cm³/mol. The van der Waals surface area contributed by atoms with Crippen LogP contribution in [0.3, 0.4) is 0 Å². The number of benzene rings is 1. The van der Waals surface area contributed by atoms with Gasteiger partial charge in [0.1, 0.15) is 25.4 Å². The number of alkyl halides is 1. The summed E-state index contributed by atoms with van der Waals surface area (Å²) in [6, 6.07) is 4.39. The molecule has 1 unspecified atom stereocenters. The standard InChI is InChI=1S/C15H16Cl2FN3O/c1-15(2,7-18)14(22)13(21-9-19-8-20-21)5-10-3-4-11(16)6-12(10)17/h3-4,6,8-9,13H,5,7H2,1-2H3. The maximum absolute atomic E-state index is 13.2. The number of Topliss-reactive ketones (excluding diaryl/α,β-unsaturated/α-hetero) is 1. The van der Waals surface area contributed by atoms with Crippen molar-refractivity contribution in [3.63, 3.8) is 0 Å². The van der Waals surface area contributed by atoms with Gasteiger partial charge in [0.25, 0.3) is 0 Å². The maximum Gasteiger partial charge on any atom is 0.165 e. The van der Waals surface area contributed by atoms with Gasteiger partial charge in [0.2, 0.25) is 0 Å². The van der Waals surface area contributed by atoms with E-state index in [1.165, 1.54) is 17.3 Å². The Morgan fingerprint density at radius 2 is 2.14 bits per heavy atom. The minimum atomic E-state index is -1.10. The highest BCUT2D eigenvalue weighted by Gasteiger charge is 2.35. The third-order valence-corrected chi connectivity index (χ3v) is 4.08. The van der Waals surface area contributed by atoms with Crippen LogP contribution in [0.1, 0.15) is 25.5 Å². The van der Waals surface area contributed by atoms with E-state index < -0.39 is 18.1 Å². The van der Waals surface area contributed by atoms with Gasteiger partial charge in [-0.25, -0.2) is 9.67 Å². The molecule has 118 valence electrons. The first kappa shape index (κ1) is 16.9. The lowest BCUT2D eigenvalue weighted by Crippen LogP contribution is -2.35. The van der Waals surface area contributed by atoms with Crippen molar-refractivity contribution in [2.45, 2.75) is 26.3 Å². The Morgan fingerprint density at radius 3 is 2.68 bits per heavy atom. The van der Waals surface area contributed by atoms with Crippen LogP contribution >= 0.6 is 23.2 Å². The lowest BCUT2D eigenvalue weighted by atomic mass is 9.83. The van der Waals surface area contributed by atoms with E-state index in [4.69, 9.17) is 23.2 Å². The summed E-state index contributed by atoms with van der Waals surface area (Å²) in [6.07, 6.45) is 3.08. The van der Waals surface area contributed by atoms with E-state index in [0.29, 0.717) is 16.5 Å². The van der Waals surface area contributed by atoms with Gasteiger partial charge in [-0.2, -0.15) is 5.10 Å². The van der Waals surface area contributed by atoms with Gasteiger partial charge in [-0.1, -0.05) is 43.1 Å². The lowest BCUT2D eigenvalue weighted by molar-refractivity contribution is -0.131.